The fraction of sp³-hybridized carbons (Fsp3) is 0.333. The van der Waals surface area contributed by atoms with E-state index < -0.39 is 12.1 Å². The maximum absolute atomic E-state index is 12.1. The number of β-amino-alcohol motifs (C(OH)–C–C–N with tert-alkyl or cyclic N) is 1. The number of imide groups is 1. The van der Waals surface area contributed by atoms with Crippen LogP contribution in [-0.2, 0) is 0 Å². The molecular weight excluding hydrogens is 220 g/mol. The molecule has 0 bridgehead atoms. The largest absolute Gasteiger partial charge is 0.390 e. The van der Waals surface area contributed by atoms with E-state index in [-0.39, 0.29) is 11.8 Å². The van der Waals surface area contributed by atoms with Crippen LogP contribution in [-0.4, -0.2) is 47.1 Å². The molecule has 2 N–H and O–H groups in total. The average molecular weight is 232 g/mol. The minimum atomic E-state index is -0.683. The molecule has 88 valence electrons. The van der Waals surface area contributed by atoms with Crippen LogP contribution in [0.15, 0.2) is 24.3 Å². The van der Waals surface area contributed by atoms with Crippen molar-refractivity contribution in [3.05, 3.63) is 35.4 Å². The van der Waals surface area contributed by atoms with Crippen molar-refractivity contribution in [2.45, 2.75) is 12.1 Å². The molecule has 0 radical (unpaired) electrons. The Balaban J connectivity index is 2.00. The van der Waals surface area contributed by atoms with Gasteiger partial charge < -0.3 is 10.4 Å². The summed E-state index contributed by atoms with van der Waals surface area (Å²) in [7, 11) is 0. The van der Waals surface area contributed by atoms with Crippen LogP contribution >= 0.6 is 0 Å². The van der Waals surface area contributed by atoms with Gasteiger partial charge in [0.15, 0.2) is 0 Å². The Labute approximate surface area is 98.0 Å². The zero-order chi connectivity index (χ0) is 12.0. The number of aliphatic hydroxyl groups is 1. The number of nitrogens with zero attached hydrogens (tertiary/aromatic N) is 1. The molecule has 2 aliphatic rings. The fourth-order valence-corrected chi connectivity index (χ4v) is 2.42. The lowest BCUT2D eigenvalue weighted by Crippen LogP contribution is -2.46. The van der Waals surface area contributed by atoms with Crippen molar-refractivity contribution >= 4 is 11.8 Å². The molecule has 1 fully saturated rings. The Bertz CT molecular complexity index is 465. The first-order chi connectivity index (χ1) is 8.20. The van der Waals surface area contributed by atoms with E-state index in [0.29, 0.717) is 24.2 Å². The highest BCUT2D eigenvalue weighted by atomic mass is 16.3. The number of carbonyl (C=O) groups excluding carboxylic acids is 2. The van der Waals surface area contributed by atoms with Gasteiger partial charge in [0.25, 0.3) is 11.8 Å². The maximum atomic E-state index is 12.1. The quantitative estimate of drug-likeness (QED) is 0.647. The predicted octanol–water partition coefficient (Wildman–Crippen LogP) is -0.385. The molecule has 5 heteroatoms. The highest BCUT2D eigenvalue weighted by molar-refractivity contribution is 6.21. The van der Waals surface area contributed by atoms with Gasteiger partial charge in [-0.15, -0.1) is 0 Å². The van der Waals surface area contributed by atoms with Crippen molar-refractivity contribution in [3.8, 4) is 0 Å². The lowest BCUT2D eigenvalue weighted by atomic mass is 10.1. The normalized spacial score (nSPS) is 27.7. The maximum Gasteiger partial charge on any atom is 0.261 e. The van der Waals surface area contributed by atoms with Gasteiger partial charge in [0, 0.05) is 13.1 Å². The summed E-state index contributed by atoms with van der Waals surface area (Å²) in [5.74, 6) is -0.614. The minimum Gasteiger partial charge on any atom is -0.390 e. The second-order valence-electron chi connectivity index (χ2n) is 4.32. The van der Waals surface area contributed by atoms with Gasteiger partial charge in [0.2, 0.25) is 0 Å². The molecule has 3 rings (SSSR count). The Hall–Kier alpha value is -1.72. The summed E-state index contributed by atoms with van der Waals surface area (Å²) in [4.78, 5) is 25.4. The molecule has 2 amide bonds. The number of aliphatic hydroxyl groups excluding tert-OH is 1. The van der Waals surface area contributed by atoms with Crippen molar-refractivity contribution < 1.29 is 14.7 Å². The zero-order valence-corrected chi connectivity index (χ0v) is 9.09. The Kier molecular flexibility index (Phi) is 2.24. The summed E-state index contributed by atoms with van der Waals surface area (Å²) in [5.41, 5.74) is 0.855. The lowest BCUT2D eigenvalue weighted by Gasteiger charge is -2.23. The number of nitrogens with one attached hydrogen (secondary N) is 1. The molecule has 2 aliphatic heterocycles. The van der Waals surface area contributed by atoms with Gasteiger partial charge >= 0.3 is 0 Å². The molecule has 0 saturated carbocycles. The third kappa shape index (κ3) is 1.40. The second-order valence-corrected chi connectivity index (χ2v) is 4.32. The van der Waals surface area contributed by atoms with E-state index >= 15 is 0 Å². The van der Waals surface area contributed by atoms with E-state index in [0.717, 1.165) is 0 Å². The fourth-order valence-electron chi connectivity index (χ4n) is 2.42. The van der Waals surface area contributed by atoms with Gasteiger partial charge in [-0.1, -0.05) is 12.1 Å². The summed E-state index contributed by atoms with van der Waals surface area (Å²) in [5, 5.41) is 12.7. The molecule has 5 nitrogen and oxygen atoms in total. The number of amides is 2. The standard InChI is InChI=1S/C12H12N2O3/c15-10-6-13-5-9(10)14-11(16)7-3-1-2-4-8(7)12(14)17/h1-4,9-10,13,15H,5-6H2/t9-,10-/m0/s1. The number of benzene rings is 1. The third-order valence-corrected chi connectivity index (χ3v) is 3.31. The van der Waals surface area contributed by atoms with Gasteiger partial charge in [-0.25, -0.2) is 0 Å². The van der Waals surface area contributed by atoms with Gasteiger partial charge in [-0.2, -0.15) is 0 Å². The summed E-state index contributed by atoms with van der Waals surface area (Å²) in [6, 6.07) is 6.30. The second kappa shape index (κ2) is 3.65. The molecule has 0 aromatic heterocycles. The monoisotopic (exact) mass is 232 g/mol. The summed E-state index contributed by atoms with van der Waals surface area (Å²) >= 11 is 0. The SMILES string of the molecule is O=C1c2ccccc2C(=O)N1[C@H]1CNC[C@@H]1O. The number of rotatable bonds is 1. The average Bonchev–Trinajstić information content (AvgIpc) is 2.84. The Morgan fingerprint density at radius 3 is 2.18 bits per heavy atom. The van der Waals surface area contributed by atoms with Crippen LogP contribution < -0.4 is 5.32 Å². The molecule has 1 aromatic rings. The molecule has 0 spiro atoms. The number of fused-ring (bicyclic) bond motifs is 1. The van der Waals surface area contributed by atoms with Gasteiger partial charge in [0.1, 0.15) is 0 Å². The highest BCUT2D eigenvalue weighted by Crippen LogP contribution is 2.26. The molecule has 0 aliphatic carbocycles. The van der Waals surface area contributed by atoms with Crippen LogP contribution in [0.1, 0.15) is 20.7 Å². The lowest BCUT2D eigenvalue weighted by molar-refractivity contribution is 0.0451. The highest BCUT2D eigenvalue weighted by Gasteiger charge is 2.43. The zero-order valence-electron chi connectivity index (χ0n) is 9.09. The van der Waals surface area contributed by atoms with Crippen molar-refractivity contribution in [2.24, 2.45) is 0 Å². The van der Waals surface area contributed by atoms with E-state index in [1.807, 2.05) is 0 Å². The minimum absolute atomic E-state index is 0.307. The van der Waals surface area contributed by atoms with Crippen molar-refractivity contribution in [2.75, 3.05) is 13.1 Å². The molecule has 1 saturated heterocycles. The van der Waals surface area contributed by atoms with Crippen molar-refractivity contribution in [1.29, 1.82) is 0 Å². The summed E-state index contributed by atoms with van der Waals surface area (Å²) < 4.78 is 0. The van der Waals surface area contributed by atoms with Crippen molar-refractivity contribution in [3.63, 3.8) is 0 Å². The predicted molar refractivity (Wildman–Crippen MR) is 59.6 cm³/mol. The van der Waals surface area contributed by atoms with E-state index in [9.17, 15) is 14.7 Å². The van der Waals surface area contributed by atoms with Crippen LogP contribution in [0.3, 0.4) is 0 Å². The third-order valence-electron chi connectivity index (χ3n) is 3.31. The van der Waals surface area contributed by atoms with E-state index in [4.69, 9.17) is 0 Å². The first-order valence-corrected chi connectivity index (χ1v) is 5.56. The first-order valence-electron chi connectivity index (χ1n) is 5.56. The topological polar surface area (TPSA) is 69.6 Å². The van der Waals surface area contributed by atoms with Gasteiger partial charge in [-0.3, -0.25) is 14.5 Å². The molecule has 2 atom stereocenters. The summed E-state index contributed by atoms with van der Waals surface area (Å²) in [6.07, 6.45) is -0.683. The molecule has 0 unspecified atom stereocenters. The van der Waals surface area contributed by atoms with Gasteiger partial charge in [0.05, 0.1) is 23.3 Å². The van der Waals surface area contributed by atoms with Crippen LogP contribution in [0, 0.1) is 0 Å². The van der Waals surface area contributed by atoms with E-state index in [2.05, 4.69) is 5.32 Å². The van der Waals surface area contributed by atoms with E-state index in [1.54, 1.807) is 24.3 Å². The molecular formula is C12H12N2O3. The van der Waals surface area contributed by atoms with Crippen LogP contribution in [0.25, 0.3) is 0 Å². The van der Waals surface area contributed by atoms with Crippen LogP contribution in [0.2, 0.25) is 0 Å². The van der Waals surface area contributed by atoms with Gasteiger partial charge in [-0.05, 0) is 12.1 Å². The smallest absolute Gasteiger partial charge is 0.261 e. The van der Waals surface area contributed by atoms with Crippen LogP contribution in [0.4, 0.5) is 0 Å². The molecule has 2 heterocycles. The summed E-state index contributed by atoms with van der Waals surface area (Å²) in [6.45, 7) is 0.866. The molecule has 17 heavy (non-hydrogen) atoms. The Morgan fingerprint density at radius 1 is 1.12 bits per heavy atom. The van der Waals surface area contributed by atoms with Crippen molar-refractivity contribution in [1.82, 2.24) is 10.2 Å². The van der Waals surface area contributed by atoms with E-state index in [1.165, 1.54) is 4.90 Å². The number of carbonyl (C=O) groups is 2. The molecule has 1 aromatic carbocycles. The first kappa shape index (κ1) is 10.4. The Morgan fingerprint density at radius 2 is 1.71 bits per heavy atom. The number of hydrogen-bond donors (Lipinski definition) is 2. The number of hydrogen-bond acceptors (Lipinski definition) is 4. The van der Waals surface area contributed by atoms with Crippen LogP contribution in [0.5, 0.6) is 0 Å².